The lowest BCUT2D eigenvalue weighted by Crippen LogP contribution is -2.53. The molecule has 10 heteroatoms. The highest BCUT2D eigenvalue weighted by Crippen LogP contribution is 2.50. The first-order chi connectivity index (χ1) is 16.8. The van der Waals surface area contributed by atoms with Crippen molar-refractivity contribution in [1.29, 1.82) is 0 Å². The average Bonchev–Trinajstić information content (AvgIpc) is 3.35. The molecule has 0 atom stereocenters. The van der Waals surface area contributed by atoms with Crippen LogP contribution in [0.15, 0.2) is 23.1 Å². The summed E-state index contributed by atoms with van der Waals surface area (Å²) in [7, 11) is 0. The molecule has 0 radical (unpaired) electrons. The van der Waals surface area contributed by atoms with Gasteiger partial charge in [-0.05, 0) is 32.1 Å². The number of carbonyl (C=O) groups is 2. The van der Waals surface area contributed by atoms with Crippen LogP contribution in [0.4, 0.5) is 13.2 Å². The van der Waals surface area contributed by atoms with Gasteiger partial charge in [-0.15, -0.1) is 0 Å². The Hall–Kier alpha value is -3.30. The predicted octanol–water partition coefficient (Wildman–Crippen LogP) is 3.53. The third-order valence-electron chi connectivity index (χ3n) is 7.41. The van der Waals surface area contributed by atoms with Gasteiger partial charge in [0.1, 0.15) is 23.0 Å². The zero-order chi connectivity index (χ0) is 24.9. The Labute approximate surface area is 199 Å². The first-order valence-electron chi connectivity index (χ1n) is 11.9. The zero-order valence-corrected chi connectivity index (χ0v) is 19.3. The largest absolute Gasteiger partial charge is 0.487 e. The van der Waals surface area contributed by atoms with E-state index in [0.29, 0.717) is 25.1 Å². The highest BCUT2D eigenvalue weighted by atomic mass is 19.1. The smallest absolute Gasteiger partial charge is 0.275 e. The summed E-state index contributed by atoms with van der Waals surface area (Å²) in [4.78, 5) is 41.7. The molecule has 4 heterocycles. The molecule has 186 valence electrons. The second-order valence-electron chi connectivity index (χ2n) is 9.54. The van der Waals surface area contributed by atoms with Crippen LogP contribution in [0.5, 0.6) is 5.75 Å². The molecule has 7 nitrogen and oxygen atoms in total. The molecular formula is C25H26F3N3O4. The Kier molecular flexibility index (Phi) is 5.85. The summed E-state index contributed by atoms with van der Waals surface area (Å²) < 4.78 is 48.6. The van der Waals surface area contributed by atoms with Crippen LogP contribution in [0.3, 0.4) is 0 Å². The lowest BCUT2D eigenvalue weighted by atomic mass is 9.86. The topological polar surface area (TPSA) is 80.6 Å². The molecule has 3 aliphatic rings. The molecule has 2 bridgehead atoms. The summed E-state index contributed by atoms with van der Waals surface area (Å²) in [6.07, 6.45) is 6.31. The Morgan fingerprint density at radius 3 is 2.51 bits per heavy atom. The number of benzene rings is 1. The second-order valence-corrected chi connectivity index (χ2v) is 9.54. The van der Waals surface area contributed by atoms with E-state index in [2.05, 4.69) is 5.32 Å². The van der Waals surface area contributed by atoms with Gasteiger partial charge in [0.15, 0.2) is 11.4 Å². The third kappa shape index (κ3) is 3.79. The molecule has 0 unspecified atom stereocenters. The summed E-state index contributed by atoms with van der Waals surface area (Å²) in [6, 6.07) is 1.19. The number of hydrogen-bond donors (Lipinski definition) is 1. The van der Waals surface area contributed by atoms with Crippen LogP contribution in [0.2, 0.25) is 0 Å². The van der Waals surface area contributed by atoms with Gasteiger partial charge < -0.3 is 19.5 Å². The third-order valence-corrected chi connectivity index (χ3v) is 7.41. The van der Waals surface area contributed by atoms with Crippen molar-refractivity contribution in [1.82, 2.24) is 14.8 Å². The Morgan fingerprint density at radius 1 is 1.17 bits per heavy atom. The number of unbranched alkanes of at least 4 members (excludes halogenated alkanes) is 1. The normalized spacial score (nSPS) is 22.2. The van der Waals surface area contributed by atoms with E-state index in [-0.39, 0.29) is 41.1 Å². The number of aromatic nitrogens is 1. The minimum Gasteiger partial charge on any atom is -0.487 e. The minimum atomic E-state index is -1.14. The molecule has 1 N–H and O–H groups in total. The Bertz CT molecular complexity index is 1240. The molecule has 2 aromatic rings. The first kappa shape index (κ1) is 23.4. The summed E-state index contributed by atoms with van der Waals surface area (Å²) in [5.41, 5.74) is -1.75. The van der Waals surface area contributed by atoms with Gasteiger partial charge >= 0.3 is 0 Å². The van der Waals surface area contributed by atoms with Crippen molar-refractivity contribution >= 4 is 11.8 Å². The van der Waals surface area contributed by atoms with Crippen LogP contribution in [0.25, 0.3) is 0 Å². The average molecular weight is 489 g/mol. The minimum absolute atomic E-state index is 0.141. The predicted molar refractivity (Wildman–Crippen MR) is 120 cm³/mol. The maximum absolute atomic E-state index is 14.0. The van der Waals surface area contributed by atoms with Crippen molar-refractivity contribution < 1.29 is 27.5 Å². The van der Waals surface area contributed by atoms with E-state index < -0.39 is 40.9 Å². The number of pyridine rings is 1. The molecule has 0 spiro atoms. The highest BCUT2D eigenvalue weighted by Gasteiger charge is 2.57. The van der Waals surface area contributed by atoms with E-state index in [9.17, 15) is 27.6 Å². The summed E-state index contributed by atoms with van der Waals surface area (Å²) in [5, 5.41) is 2.34. The fourth-order valence-corrected chi connectivity index (χ4v) is 5.68. The van der Waals surface area contributed by atoms with Crippen molar-refractivity contribution in [3.8, 4) is 5.75 Å². The number of nitrogens with one attached hydrogen (secondary N) is 1. The van der Waals surface area contributed by atoms with E-state index in [4.69, 9.17) is 4.74 Å². The van der Waals surface area contributed by atoms with Crippen molar-refractivity contribution in [2.75, 3.05) is 6.61 Å². The van der Waals surface area contributed by atoms with Crippen LogP contribution >= 0.6 is 0 Å². The van der Waals surface area contributed by atoms with Gasteiger partial charge in [0.25, 0.3) is 11.8 Å². The maximum atomic E-state index is 14.0. The van der Waals surface area contributed by atoms with E-state index in [1.165, 1.54) is 6.20 Å². The highest BCUT2D eigenvalue weighted by molar-refractivity contribution is 6.00. The van der Waals surface area contributed by atoms with E-state index in [0.717, 1.165) is 32.1 Å². The number of fused-ring (bicyclic) bond motifs is 1. The van der Waals surface area contributed by atoms with Crippen molar-refractivity contribution in [2.24, 2.45) is 0 Å². The summed E-state index contributed by atoms with van der Waals surface area (Å²) in [5.74, 6) is -4.66. The number of amides is 2. The Balaban J connectivity index is 1.50. The maximum Gasteiger partial charge on any atom is 0.275 e. The van der Waals surface area contributed by atoms with Gasteiger partial charge in [0.2, 0.25) is 5.43 Å². The van der Waals surface area contributed by atoms with Gasteiger partial charge in [-0.1, -0.05) is 13.3 Å². The fraction of sp³-hybridized carbons (Fsp3) is 0.480. The summed E-state index contributed by atoms with van der Waals surface area (Å²) >= 11 is 0. The standard InChI is InChI=1S/C25H26F3N3O4/c1-2-3-8-35-22-20-24(34)31-15-4-6-25(31,7-5-15)13-30(20)12-17(21(22)32)23(33)29-11-16-18(27)9-14(26)10-19(16)28/h9-10,12,15H,2-8,11,13H2,1H3,(H,29,33). The molecule has 2 fully saturated rings. The van der Waals surface area contributed by atoms with Gasteiger partial charge in [-0.3, -0.25) is 14.4 Å². The van der Waals surface area contributed by atoms with Crippen LogP contribution in [-0.2, 0) is 13.1 Å². The van der Waals surface area contributed by atoms with Crippen molar-refractivity contribution in [3.05, 3.63) is 62.8 Å². The van der Waals surface area contributed by atoms with Crippen LogP contribution < -0.4 is 15.5 Å². The first-order valence-corrected chi connectivity index (χ1v) is 11.9. The number of carbonyl (C=O) groups excluding carboxylic acids is 2. The fourth-order valence-electron chi connectivity index (χ4n) is 5.68. The molecule has 1 aromatic carbocycles. The van der Waals surface area contributed by atoms with Crippen molar-refractivity contribution in [2.45, 2.75) is 70.1 Å². The van der Waals surface area contributed by atoms with Gasteiger partial charge in [-0.25, -0.2) is 13.2 Å². The van der Waals surface area contributed by atoms with E-state index >= 15 is 0 Å². The monoisotopic (exact) mass is 489 g/mol. The van der Waals surface area contributed by atoms with Crippen LogP contribution in [0.1, 0.15) is 71.9 Å². The lowest BCUT2D eigenvalue weighted by Gasteiger charge is -2.41. The number of nitrogens with zero attached hydrogens (tertiary/aromatic N) is 2. The number of ether oxygens (including phenoxy) is 1. The molecule has 0 saturated carbocycles. The number of halogens is 3. The van der Waals surface area contributed by atoms with Gasteiger partial charge in [-0.2, -0.15) is 0 Å². The SMILES string of the molecule is CCCCOc1c2n(cc(C(=O)NCc3c(F)cc(F)cc3F)c1=O)CC13CCC(CC1)N3C2=O. The van der Waals surface area contributed by atoms with Crippen molar-refractivity contribution in [3.63, 3.8) is 0 Å². The molecule has 35 heavy (non-hydrogen) atoms. The number of hydrogen-bond acceptors (Lipinski definition) is 4. The molecule has 2 saturated heterocycles. The quantitative estimate of drug-likeness (QED) is 0.604. The Morgan fingerprint density at radius 2 is 1.86 bits per heavy atom. The van der Waals surface area contributed by atoms with E-state index in [1.54, 1.807) is 4.57 Å². The van der Waals surface area contributed by atoms with Crippen LogP contribution in [0, 0.1) is 17.5 Å². The molecule has 0 aliphatic carbocycles. The van der Waals surface area contributed by atoms with Crippen LogP contribution in [-0.4, -0.2) is 39.5 Å². The molecule has 3 aliphatic heterocycles. The lowest BCUT2D eigenvalue weighted by molar-refractivity contribution is 0.0487. The van der Waals surface area contributed by atoms with Gasteiger partial charge in [0.05, 0.1) is 12.1 Å². The molecule has 5 rings (SSSR count). The molecule has 2 amide bonds. The molecule has 1 aromatic heterocycles. The van der Waals surface area contributed by atoms with E-state index in [1.807, 2.05) is 11.8 Å². The molecular weight excluding hydrogens is 463 g/mol. The number of rotatable bonds is 7. The second kappa shape index (κ2) is 8.73. The van der Waals surface area contributed by atoms with Gasteiger partial charge in [0, 0.05) is 43.0 Å². The zero-order valence-electron chi connectivity index (χ0n) is 19.3. The summed E-state index contributed by atoms with van der Waals surface area (Å²) in [6.45, 7) is 2.02.